The van der Waals surface area contributed by atoms with Crippen molar-refractivity contribution in [2.45, 2.75) is 13.0 Å². The molecular weight excluding hydrogens is 300 g/mol. The summed E-state index contributed by atoms with van der Waals surface area (Å²) in [6.45, 7) is 2.53. The first-order valence-corrected chi connectivity index (χ1v) is 8.18. The normalized spacial score (nSPS) is 10.8. The molecule has 0 bridgehead atoms. The van der Waals surface area contributed by atoms with Crippen LogP contribution < -0.4 is 10.5 Å². The molecule has 0 atom stereocenters. The minimum Gasteiger partial charge on any atom is -0.492 e. The molecular formula is C16H20N2OS2. The third-order valence-corrected chi connectivity index (χ3v) is 3.95. The zero-order chi connectivity index (χ0) is 15.1. The molecule has 0 saturated heterocycles. The van der Waals surface area contributed by atoms with Crippen LogP contribution in [0.5, 0.6) is 5.75 Å². The first-order valence-electron chi connectivity index (χ1n) is 6.83. The van der Waals surface area contributed by atoms with Crippen molar-refractivity contribution in [3.05, 3.63) is 52.2 Å². The topological polar surface area (TPSA) is 38.5 Å². The van der Waals surface area contributed by atoms with Gasteiger partial charge >= 0.3 is 0 Å². The molecule has 0 unspecified atom stereocenters. The van der Waals surface area contributed by atoms with E-state index in [-0.39, 0.29) is 0 Å². The number of hydrogen-bond acceptors (Lipinski definition) is 4. The molecule has 112 valence electrons. The van der Waals surface area contributed by atoms with Gasteiger partial charge in [-0.2, -0.15) is 11.3 Å². The van der Waals surface area contributed by atoms with Crippen LogP contribution in [-0.4, -0.2) is 30.1 Å². The van der Waals surface area contributed by atoms with E-state index in [4.69, 9.17) is 22.7 Å². The fraction of sp³-hybridized carbons (Fsp3) is 0.312. The van der Waals surface area contributed by atoms with E-state index >= 15 is 0 Å². The Labute approximate surface area is 135 Å². The van der Waals surface area contributed by atoms with Crippen molar-refractivity contribution < 1.29 is 4.74 Å². The second-order valence-electron chi connectivity index (χ2n) is 5.00. The number of hydrogen-bond donors (Lipinski definition) is 1. The molecule has 3 nitrogen and oxygen atoms in total. The second-order valence-corrected chi connectivity index (χ2v) is 6.31. The molecule has 0 aliphatic heterocycles. The van der Waals surface area contributed by atoms with Crippen LogP contribution in [0.4, 0.5) is 0 Å². The van der Waals surface area contributed by atoms with Crippen LogP contribution >= 0.6 is 23.6 Å². The van der Waals surface area contributed by atoms with Gasteiger partial charge in [-0.1, -0.05) is 24.4 Å². The van der Waals surface area contributed by atoms with Crippen LogP contribution in [0.3, 0.4) is 0 Å². The highest BCUT2D eigenvalue weighted by Crippen LogP contribution is 2.13. The van der Waals surface area contributed by atoms with Crippen molar-refractivity contribution in [2.24, 2.45) is 5.73 Å². The average molecular weight is 320 g/mol. The molecule has 1 aromatic heterocycles. The fourth-order valence-corrected chi connectivity index (χ4v) is 2.82. The van der Waals surface area contributed by atoms with Gasteiger partial charge in [-0.3, -0.25) is 4.90 Å². The number of benzene rings is 1. The molecule has 0 saturated carbocycles. The summed E-state index contributed by atoms with van der Waals surface area (Å²) in [5, 5.41) is 4.28. The fourth-order valence-electron chi connectivity index (χ4n) is 2.00. The van der Waals surface area contributed by atoms with Crippen molar-refractivity contribution >= 4 is 28.5 Å². The summed E-state index contributed by atoms with van der Waals surface area (Å²) in [5.74, 6) is 0.880. The molecule has 0 amide bonds. The van der Waals surface area contributed by atoms with Crippen molar-refractivity contribution in [1.29, 1.82) is 0 Å². The van der Waals surface area contributed by atoms with Crippen LogP contribution in [0.25, 0.3) is 0 Å². The van der Waals surface area contributed by atoms with Gasteiger partial charge in [0, 0.05) is 19.5 Å². The Morgan fingerprint density at radius 1 is 1.24 bits per heavy atom. The molecule has 1 heterocycles. The number of nitrogens with two attached hydrogens (primary N) is 1. The lowest BCUT2D eigenvalue weighted by Crippen LogP contribution is -2.23. The first-order chi connectivity index (χ1) is 10.1. The highest BCUT2D eigenvalue weighted by Gasteiger charge is 2.02. The molecule has 21 heavy (non-hydrogen) atoms. The molecule has 2 aromatic rings. The van der Waals surface area contributed by atoms with E-state index in [9.17, 15) is 0 Å². The summed E-state index contributed by atoms with van der Waals surface area (Å²) in [5.41, 5.74) is 7.99. The summed E-state index contributed by atoms with van der Waals surface area (Å²) < 4.78 is 5.75. The number of rotatable bonds is 8. The van der Waals surface area contributed by atoms with Gasteiger partial charge in [0.2, 0.25) is 0 Å². The van der Waals surface area contributed by atoms with Gasteiger partial charge in [0.05, 0.1) is 4.99 Å². The average Bonchev–Trinajstić information content (AvgIpc) is 2.93. The largest absolute Gasteiger partial charge is 0.492 e. The monoisotopic (exact) mass is 320 g/mol. The van der Waals surface area contributed by atoms with Gasteiger partial charge in [-0.25, -0.2) is 0 Å². The summed E-state index contributed by atoms with van der Waals surface area (Å²) in [6, 6.07) is 10.1. The summed E-state index contributed by atoms with van der Waals surface area (Å²) in [6.07, 6.45) is 0.638. The highest BCUT2D eigenvalue weighted by molar-refractivity contribution is 7.80. The number of nitrogens with zero attached hydrogens (tertiary/aromatic N) is 1. The minimum absolute atomic E-state index is 0.513. The smallest absolute Gasteiger partial charge is 0.119 e. The number of ether oxygens (including phenoxy) is 1. The zero-order valence-corrected chi connectivity index (χ0v) is 13.8. The van der Waals surface area contributed by atoms with Crippen molar-refractivity contribution in [3.63, 3.8) is 0 Å². The van der Waals surface area contributed by atoms with Crippen LogP contribution in [0.1, 0.15) is 11.1 Å². The number of thiocarbonyl (C=S) groups is 1. The van der Waals surface area contributed by atoms with Crippen LogP contribution in [0.2, 0.25) is 0 Å². The van der Waals surface area contributed by atoms with E-state index in [1.807, 2.05) is 24.3 Å². The number of likely N-dealkylation sites (N-methyl/N-ethyl adjacent to an activating group) is 1. The summed E-state index contributed by atoms with van der Waals surface area (Å²) in [4.78, 5) is 2.77. The lowest BCUT2D eigenvalue weighted by molar-refractivity contribution is 0.233. The molecule has 5 heteroatoms. The molecule has 2 N–H and O–H groups in total. The van der Waals surface area contributed by atoms with Gasteiger partial charge in [-0.05, 0) is 47.1 Å². The Kier molecular flexibility index (Phi) is 6.17. The lowest BCUT2D eigenvalue weighted by Gasteiger charge is -2.16. The third-order valence-electron chi connectivity index (χ3n) is 3.08. The highest BCUT2D eigenvalue weighted by atomic mass is 32.1. The van der Waals surface area contributed by atoms with Crippen LogP contribution in [-0.2, 0) is 13.0 Å². The van der Waals surface area contributed by atoms with Crippen molar-refractivity contribution in [3.8, 4) is 5.75 Å². The zero-order valence-electron chi connectivity index (χ0n) is 12.1. The van der Waals surface area contributed by atoms with E-state index < -0.39 is 0 Å². The predicted octanol–water partition coefficient (Wildman–Crippen LogP) is 3.09. The van der Waals surface area contributed by atoms with E-state index in [2.05, 4.69) is 28.8 Å². The first kappa shape index (κ1) is 15.9. The molecule has 0 radical (unpaired) electrons. The van der Waals surface area contributed by atoms with Crippen molar-refractivity contribution in [2.75, 3.05) is 20.2 Å². The van der Waals surface area contributed by atoms with Gasteiger partial charge in [0.15, 0.2) is 0 Å². The minimum atomic E-state index is 0.513. The Hall–Kier alpha value is -1.43. The van der Waals surface area contributed by atoms with E-state index in [0.29, 0.717) is 18.0 Å². The summed E-state index contributed by atoms with van der Waals surface area (Å²) in [7, 11) is 2.10. The Bertz CT molecular complexity index is 552. The Morgan fingerprint density at radius 3 is 2.62 bits per heavy atom. The van der Waals surface area contributed by atoms with E-state index in [1.54, 1.807) is 11.3 Å². The van der Waals surface area contributed by atoms with Crippen LogP contribution in [0.15, 0.2) is 41.1 Å². The lowest BCUT2D eigenvalue weighted by atomic mass is 10.1. The van der Waals surface area contributed by atoms with Crippen molar-refractivity contribution in [1.82, 2.24) is 4.90 Å². The number of thiophene rings is 1. The van der Waals surface area contributed by atoms with Gasteiger partial charge in [-0.15, -0.1) is 0 Å². The maximum absolute atomic E-state index is 5.75. The van der Waals surface area contributed by atoms with E-state index in [0.717, 1.165) is 24.4 Å². The second kappa shape index (κ2) is 8.12. The molecule has 2 rings (SSSR count). The standard InChI is InChI=1S/C16H20N2OS2/c1-18(11-14-6-9-21-12-14)7-8-19-15-4-2-13(3-5-15)10-16(17)20/h2-6,9,12H,7-8,10-11H2,1H3,(H2,17,20). The molecule has 0 aliphatic rings. The Morgan fingerprint density at radius 2 is 2.00 bits per heavy atom. The quantitative estimate of drug-likeness (QED) is 0.759. The predicted molar refractivity (Wildman–Crippen MR) is 93.1 cm³/mol. The van der Waals surface area contributed by atoms with Gasteiger partial charge in [0.25, 0.3) is 0 Å². The summed E-state index contributed by atoms with van der Waals surface area (Å²) >= 11 is 6.63. The van der Waals surface area contributed by atoms with Gasteiger partial charge < -0.3 is 10.5 Å². The van der Waals surface area contributed by atoms with E-state index in [1.165, 1.54) is 5.56 Å². The molecule has 0 fully saturated rings. The van der Waals surface area contributed by atoms with Crippen LogP contribution in [0, 0.1) is 0 Å². The Balaban J connectivity index is 1.71. The SMILES string of the molecule is CN(CCOc1ccc(CC(N)=S)cc1)Cc1ccsc1. The molecule has 1 aromatic carbocycles. The molecule has 0 aliphatic carbocycles. The molecule has 0 spiro atoms. The maximum atomic E-state index is 5.75. The van der Waals surface area contributed by atoms with Gasteiger partial charge in [0.1, 0.15) is 12.4 Å². The maximum Gasteiger partial charge on any atom is 0.119 e. The third kappa shape index (κ3) is 5.83.